The summed E-state index contributed by atoms with van der Waals surface area (Å²) in [5.41, 5.74) is 1.69. The summed E-state index contributed by atoms with van der Waals surface area (Å²) in [7, 11) is 0. The molecule has 1 N–H and O–H groups in total. The molecule has 126 valence electrons. The molecule has 0 aliphatic carbocycles. The lowest BCUT2D eigenvalue weighted by Gasteiger charge is -2.23. The lowest BCUT2D eigenvalue weighted by Crippen LogP contribution is -2.32. The summed E-state index contributed by atoms with van der Waals surface area (Å²) < 4.78 is 0. The second-order valence-corrected chi connectivity index (χ2v) is 6.26. The molecule has 0 unspecified atom stereocenters. The van der Waals surface area contributed by atoms with Crippen molar-refractivity contribution in [1.82, 2.24) is 4.90 Å². The maximum absolute atomic E-state index is 13.0. The molecule has 0 aliphatic heterocycles. The molecule has 0 atom stereocenters. The van der Waals surface area contributed by atoms with Gasteiger partial charge in [0.15, 0.2) is 0 Å². The van der Waals surface area contributed by atoms with Crippen LogP contribution in [0.3, 0.4) is 0 Å². The van der Waals surface area contributed by atoms with Gasteiger partial charge in [0.2, 0.25) is 0 Å². The predicted octanol–water partition coefficient (Wildman–Crippen LogP) is 3.92. The average molecular weight is 343 g/mol. The Morgan fingerprint density at radius 3 is 2.38 bits per heavy atom. The number of carboxylic acids is 1. The van der Waals surface area contributed by atoms with Crippen molar-refractivity contribution in [3.8, 4) is 0 Å². The molecule has 0 saturated heterocycles. The summed E-state index contributed by atoms with van der Waals surface area (Å²) in [6, 6.07) is 17.3. The van der Waals surface area contributed by atoms with Crippen molar-refractivity contribution in [3.63, 3.8) is 0 Å². The van der Waals surface area contributed by atoms with Crippen LogP contribution in [0.1, 0.15) is 28.8 Å². The van der Waals surface area contributed by atoms with E-state index in [9.17, 15) is 9.59 Å². The lowest BCUT2D eigenvalue weighted by molar-refractivity contribution is -0.137. The molecule has 0 fully saturated rings. The van der Waals surface area contributed by atoms with Crippen LogP contribution < -0.4 is 0 Å². The Morgan fingerprint density at radius 2 is 1.71 bits per heavy atom. The van der Waals surface area contributed by atoms with Crippen LogP contribution in [0.15, 0.2) is 59.5 Å². The van der Waals surface area contributed by atoms with Gasteiger partial charge in [-0.05, 0) is 30.4 Å². The van der Waals surface area contributed by atoms with Crippen molar-refractivity contribution in [3.05, 3.63) is 65.7 Å². The number of hydrogen-bond acceptors (Lipinski definition) is 3. The molecule has 0 saturated carbocycles. The van der Waals surface area contributed by atoms with E-state index >= 15 is 0 Å². The van der Waals surface area contributed by atoms with Crippen molar-refractivity contribution < 1.29 is 14.7 Å². The molecule has 4 nitrogen and oxygen atoms in total. The fourth-order valence-electron chi connectivity index (χ4n) is 2.47. The van der Waals surface area contributed by atoms with Crippen LogP contribution in [-0.4, -0.2) is 34.7 Å². The number of nitrogens with zero attached hydrogens (tertiary/aromatic N) is 1. The van der Waals surface area contributed by atoms with Gasteiger partial charge in [-0.15, -0.1) is 11.8 Å². The minimum Gasteiger partial charge on any atom is -0.481 e. The third-order valence-corrected chi connectivity index (χ3v) is 4.46. The topological polar surface area (TPSA) is 57.6 Å². The average Bonchev–Trinajstić information content (AvgIpc) is 2.61. The summed E-state index contributed by atoms with van der Waals surface area (Å²) in [5.74, 6) is -0.902. The Labute approximate surface area is 146 Å². The highest BCUT2D eigenvalue weighted by molar-refractivity contribution is 7.98. The number of hydrogen-bond donors (Lipinski definition) is 1. The van der Waals surface area contributed by atoms with Gasteiger partial charge >= 0.3 is 5.97 Å². The van der Waals surface area contributed by atoms with E-state index in [1.807, 2.05) is 60.9 Å². The van der Waals surface area contributed by atoms with Crippen LogP contribution in [0, 0.1) is 0 Å². The number of thioether (sulfide) groups is 1. The van der Waals surface area contributed by atoms with E-state index in [1.54, 1.807) is 4.90 Å². The first-order valence-electron chi connectivity index (χ1n) is 7.80. The highest BCUT2D eigenvalue weighted by Gasteiger charge is 2.19. The molecule has 0 bridgehead atoms. The first-order chi connectivity index (χ1) is 11.6. The van der Waals surface area contributed by atoms with E-state index in [4.69, 9.17) is 5.11 Å². The molecule has 1 amide bonds. The monoisotopic (exact) mass is 343 g/mol. The summed E-state index contributed by atoms with van der Waals surface area (Å²) in [5, 5.41) is 8.85. The standard InChI is InChI=1S/C19H21NO3S/c1-24-17-11-6-5-10-16(17)19(23)20(13-7-12-18(21)22)14-15-8-3-2-4-9-15/h2-6,8-11H,7,12-14H2,1H3,(H,21,22). The molecule has 2 rings (SSSR count). The number of amides is 1. The second-order valence-electron chi connectivity index (χ2n) is 5.41. The second kappa shape index (κ2) is 9.13. The number of aliphatic carboxylic acids is 1. The first-order valence-corrected chi connectivity index (χ1v) is 9.02. The van der Waals surface area contributed by atoms with Crippen molar-refractivity contribution in [2.75, 3.05) is 12.8 Å². The molecular weight excluding hydrogens is 322 g/mol. The highest BCUT2D eigenvalue weighted by atomic mass is 32.2. The first kappa shape index (κ1) is 18.1. The van der Waals surface area contributed by atoms with Crippen molar-refractivity contribution >= 4 is 23.6 Å². The third-order valence-electron chi connectivity index (χ3n) is 3.66. The van der Waals surface area contributed by atoms with Crippen molar-refractivity contribution in [2.24, 2.45) is 0 Å². The van der Waals surface area contributed by atoms with E-state index in [1.165, 1.54) is 11.8 Å². The highest BCUT2D eigenvalue weighted by Crippen LogP contribution is 2.22. The van der Waals surface area contributed by atoms with Gasteiger partial charge in [0, 0.05) is 24.4 Å². The summed E-state index contributed by atoms with van der Waals surface area (Å²) in [4.78, 5) is 26.4. The van der Waals surface area contributed by atoms with Gasteiger partial charge < -0.3 is 10.0 Å². The number of carboxylic acid groups (broad SMARTS) is 1. The van der Waals surface area contributed by atoms with E-state index < -0.39 is 5.97 Å². The molecule has 5 heteroatoms. The van der Waals surface area contributed by atoms with Gasteiger partial charge in [0.1, 0.15) is 0 Å². The summed E-state index contributed by atoms with van der Waals surface area (Å²) in [6.45, 7) is 0.894. The Morgan fingerprint density at radius 1 is 1.04 bits per heavy atom. The Kier molecular flexibility index (Phi) is 6.88. The number of carbonyl (C=O) groups is 2. The summed E-state index contributed by atoms with van der Waals surface area (Å²) in [6.07, 6.45) is 2.44. The molecule has 0 radical (unpaired) electrons. The van der Waals surface area contributed by atoms with Gasteiger partial charge in [-0.25, -0.2) is 0 Å². The fourth-order valence-corrected chi connectivity index (χ4v) is 3.06. The Balaban J connectivity index is 2.19. The Hall–Kier alpha value is -2.27. The lowest BCUT2D eigenvalue weighted by atomic mass is 10.1. The summed E-state index contributed by atoms with van der Waals surface area (Å²) >= 11 is 1.53. The zero-order chi connectivity index (χ0) is 17.4. The van der Waals surface area contributed by atoms with E-state index in [-0.39, 0.29) is 12.3 Å². The van der Waals surface area contributed by atoms with Crippen LogP contribution >= 0.6 is 11.8 Å². The van der Waals surface area contributed by atoms with Crippen LogP contribution in [-0.2, 0) is 11.3 Å². The van der Waals surface area contributed by atoms with E-state index in [0.717, 1.165) is 10.5 Å². The molecule has 0 heterocycles. The molecule has 2 aromatic carbocycles. The number of rotatable bonds is 8. The largest absolute Gasteiger partial charge is 0.481 e. The SMILES string of the molecule is CSc1ccccc1C(=O)N(CCCC(=O)O)Cc1ccccc1. The van der Waals surface area contributed by atoms with Gasteiger partial charge in [-0.1, -0.05) is 42.5 Å². The third kappa shape index (κ3) is 5.13. The fraction of sp³-hybridized carbons (Fsp3) is 0.263. The smallest absolute Gasteiger partial charge is 0.303 e. The quantitative estimate of drug-likeness (QED) is 0.738. The van der Waals surface area contributed by atoms with Crippen LogP contribution in [0.5, 0.6) is 0 Å². The van der Waals surface area contributed by atoms with E-state index in [2.05, 4.69) is 0 Å². The van der Waals surface area contributed by atoms with Crippen LogP contribution in [0.25, 0.3) is 0 Å². The molecular formula is C19H21NO3S. The van der Waals surface area contributed by atoms with E-state index in [0.29, 0.717) is 25.1 Å². The normalized spacial score (nSPS) is 10.4. The van der Waals surface area contributed by atoms with Gasteiger partial charge in [-0.3, -0.25) is 9.59 Å². The molecule has 24 heavy (non-hydrogen) atoms. The molecule has 0 spiro atoms. The zero-order valence-corrected chi connectivity index (χ0v) is 14.5. The van der Waals surface area contributed by atoms with Crippen LogP contribution in [0.4, 0.5) is 0 Å². The zero-order valence-electron chi connectivity index (χ0n) is 13.6. The molecule has 0 aliphatic rings. The van der Waals surface area contributed by atoms with Gasteiger partial charge in [0.05, 0.1) is 5.56 Å². The minimum atomic E-state index is -0.841. The van der Waals surface area contributed by atoms with Gasteiger partial charge in [0.25, 0.3) is 5.91 Å². The minimum absolute atomic E-state index is 0.0583. The van der Waals surface area contributed by atoms with Crippen molar-refractivity contribution in [1.29, 1.82) is 0 Å². The Bertz CT molecular complexity index is 688. The maximum Gasteiger partial charge on any atom is 0.303 e. The van der Waals surface area contributed by atoms with Crippen LogP contribution in [0.2, 0.25) is 0 Å². The predicted molar refractivity (Wildman–Crippen MR) is 96.3 cm³/mol. The maximum atomic E-state index is 13.0. The number of benzene rings is 2. The van der Waals surface area contributed by atoms with Gasteiger partial charge in [-0.2, -0.15) is 0 Å². The molecule has 0 aromatic heterocycles. The van der Waals surface area contributed by atoms with Crippen molar-refractivity contribution in [2.45, 2.75) is 24.3 Å². The molecule has 2 aromatic rings. The number of carbonyl (C=O) groups excluding carboxylic acids is 1.